The number of benzene rings is 1. The molecule has 0 saturated heterocycles. The summed E-state index contributed by atoms with van der Waals surface area (Å²) in [6.07, 6.45) is -4.37. The molecule has 1 heterocycles. The van der Waals surface area contributed by atoms with Crippen molar-refractivity contribution in [1.82, 2.24) is 4.98 Å². The molecule has 0 amide bonds. The second kappa shape index (κ2) is 5.28. The van der Waals surface area contributed by atoms with Gasteiger partial charge in [0.15, 0.2) is 5.76 Å². The molecule has 1 aromatic carbocycles. The van der Waals surface area contributed by atoms with Crippen LogP contribution in [0.5, 0.6) is 0 Å². The largest absolute Gasteiger partial charge is 0.438 e. The van der Waals surface area contributed by atoms with Gasteiger partial charge in [0.1, 0.15) is 6.61 Å². The smallest absolute Gasteiger partial charge is 0.416 e. The van der Waals surface area contributed by atoms with Crippen LogP contribution in [-0.2, 0) is 12.8 Å². The highest BCUT2D eigenvalue weighted by Crippen LogP contribution is 2.32. The molecule has 3 nitrogen and oxygen atoms in total. The zero-order valence-corrected chi connectivity index (χ0v) is 11.0. The maximum absolute atomic E-state index is 12.5. The van der Waals surface area contributed by atoms with Gasteiger partial charge in [0.2, 0.25) is 5.89 Å². The van der Waals surface area contributed by atoms with Crippen LogP contribution in [0.2, 0.25) is 0 Å². The molecule has 0 bridgehead atoms. The maximum Gasteiger partial charge on any atom is 0.416 e. The Kier molecular flexibility index (Phi) is 3.85. The fourth-order valence-electron chi connectivity index (χ4n) is 1.85. The third-order valence-corrected chi connectivity index (χ3v) is 2.88. The molecule has 108 valence electrons. The molecule has 0 aliphatic heterocycles. The van der Waals surface area contributed by atoms with Gasteiger partial charge in [-0.3, -0.25) is 0 Å². The summed E-state index contributed by atoms with van der Waals surface area (Å²) in [5, 5.41) is 9.20. The van der Waals surface area contributed by atoms with E-state index in [1.54, 1.807) is 0 Å². The van der Waals surface area contributed by atoms with Gasteiger partial charge in [-0.15, -0.1) is 0 Å². The zero-order chi connectivity index (χ0) is 14.9. The second-order valence-corrected chi connectivity index (χ2v) is 4.72. The van der Waals surface area contributed by atoms with Crippen LogP contribution < -0.4 is 0 Å². The van der Waals surface area contributed by atoms with E-state index in [2.05, 4.69) is 4.98 Å². The quantitative estimate of drug-likeness (QED) is 0.928. The van der Waals surface area contributed by atoms with Crippen molar-refractivity contribution in [1.29, 1.82) is 0 Å². The highest BCUT2D eigenvalue weighted by molar-refractivity contribution is 5.54. The number of aliphatic hydroxyl groups is 1. The summed E-state index contributed by atoms with van der Waals surface area (Å²) >= 11 is 0. The van der Waals surface area contributed by atoms with Gasteiger partial charge < -0.3 is 9.52 Å². The summed E-state index contributed by atoms with van der Waals surface area (Å²) < 4.78 is 42.8. The van der Waals surface area contributed by atoms with Gasteiger partial charge in [-0.2, -0.15) is 13.2 Å². The summed E-state index contributed by atoms with van der Waals surface area (Å²) in [6, 6.07) is 4.57. The lowest BCUT2D eigenvalue weighted by Gasteiger charge is -2.06. The predicted octanol–water partition coefficient (Wildman–Crippen LogP) is 3.98. The lowest BCUT2D eigenvalue weighted by molar-refractivity contribution is -0.137. The third-order valence-electron chi connectivity index (χ3n) is 2.88. The molecule has 0 fully saturated rings. The first kappa shape index (κ1) is 14.6. The molecule has 0 aliphatic rings. The molecule has 2 aromatic rings. The summed E-state index contributed by atoms with van der Waals surface area (Å²) in [6.45, 7) is 3.50. The third kappa shape index (κ3) is 2.85. The van der Waals surface area contributed by atoms with Crippen LogP contribution in [0, 0.1) is 0 Å². The molecule has 1 N–H and O–H groups in total. The van der Waals surface area contributed by atoms with Crippen molar-refractivity contribution in [3.05, 3.63) is 41.3 Å². The Morgan fingerprint density at radius 1 is 1.20 bits per heavy atom. The van der Waals surface area contributed by atoms with Gasteiger partial charge in [0.25, 0.3) is 0 Å². The van der Waals surface area contributed by atoms with E-state index in [4.69, 9.17) is 4.42 Å². The lowest BCUT2D eigenvalue weighted by atomic mass is 10.1. The van der Waals surface area contributed by atoms with E-state index in [0.29, 0.717) is 17.0 Å². The van der Waals surface area contributed by atoms with Gasteiger partial charge in [0, 0.05) is 5.56 Å². The molecule has 20 heavy (non-hydrogen) atoms. The normalized spacial score (nSPS) is 12.2. The Hall–Kier alpha value is -1.82. The molecular formula is C14H14F3NO2. The van der Waals surface area contributed by atoms with Gasteiger partial charge in [-0.1, -0.05) is 13.8 Å². The molecule has 0 atom stereocenters. The SMILES string of the molecule is CC(C)c1nc(-c2ccc(C(F)(F)F)cc2)oc1CO. The molecule has 0 spiro atoms. The number of oxazole rings is 1. The second-order valence-electron chi connectivity index (χ2n) is 4.72. The first-order valence-electron chi connectivity index (χ1n) is 6.11. The molecule has 2 rings (SSSR count). The van der Waals surface area contributed by atoms with E-state index in [0.717, 1.165) is 12.1 Å². The Morgan fingerprint density at radius 3 is 2.20 bits per heavy atom. The van der Waals surface area contributed by atoms with E-state index >= 15 is 0 Å². The molecule has 0 aliphatic carbocycles. The summed E-state index contributed by atoms with van der Waals surface area (Å²) in [4.78, 5) is 4.23. The Balaban J connectivity index is 2.37. The average molecular weight is 285 g/mol. The molecule has 0 radical (unpaired) electrons. The van der Waals surface area contributed by atoms with Gasteiger partial charge in [-0.25, -0.2) is 4.98 Å². The van der Waals surface area contributed by atoms with Crippen LogP contribution in [0.3, 0.4) is 0 Å². The molecule has 0 unspecified atom stereocenters. The molecular weight excluding hydrogens is 271 g/mol. The van der Waals surface area contributed by atoms with Crippen LogP contribution in [0.15, 0.2) is 28.7 Å². The number of nitrogens with zero attached hydrogens (tertiary/aromatic N) is 1. The predicted molar refractivity (Wildman–Crippen MR) is 67.0 cm³/mol. The van der Waals surface area contributed by atoms with Crippen LogP contribution >= 0.6 is 0 Å². The van der Waals surface area contributed by atoms with Crippen molar-refractivity contribution in [2.45, 2.75) is 32.5 Å². The minimum Gasteiger partial charge on any atom is -0.438 e. The summed E-state index contributed by atoms with van der Waals surface area (Å²) in [5.41, 5.74) is 0.335. The van der Waals surface area contributed by atoms with Crippen molar-refractivity contribution in [2.75, 3.05) is 0 Å². The summed E-state index contributed by atoms with van der Waals surface area (Å²) in [7, 11) is 0. The van der Waals surface area contributed by atoms with Crippen LogP contribution in [0.4, 0.5) is 13.2 Å². The van der Waals surface area contributed by atoms with Gasteiger partial charge >= 0.3 is 6.18 Å². The first-order valence-corrected chi connectivity index (χ1v) is 6.11. The first-order chi connectivity index (χ1) is 9.32. The Morgan fingerprint density at radius 2 is 1.80 bits per heavy atom. The monoisotopic (exact) mass is 285 g/mol. The van der Waals surface area contributed by atoms with Gasteiger partial charge in [-0.05, 0) is 30.2 Å². The minimum atomic E-state index is -4.37. The van der Waals surface area contributed by atoms with Crippen LogP contribution in [0.1, 0.15) is 36.8 Å². The van der Waals surface area contributed by atoms with Crippen molar-refractivity contribution >= 4 is 0 Å². The minimum absolute atomic E-state index is 0.0594. The van der Waals surface area contributed by atoms with E-state index in [9.17, 15) is 18.3 Å². The fraction of sp³-hybridized carbons (Fsp3) is 0.357. The number of hydrogen-bond donors (Lipinski definition) is 1. The molecule has 6 heteroatoms. The topological polar surface area (TPSA) is 46.3 Å². The number of alkyl halides is 3. The highest BCUT2D eigenvalue weighted by Gasteiger charge is 2.30. The standard InChI is InChI=1S/C14H14F3NO2/c1-8(2)12-11(7-19)20-13(18-12)9-3-5-10(6-4-9)14(15,16)17/h3-6,8,19H,7H2,1-2H3. The number of aliphatic hydroxyl groups excluding tert-OH is 1. The number of rotatable bonds is 3. The Bertz CT molecular complexity index is 585. The van der Waals surface area contributed by atoms with Crippen molar-refractivity contribution in [2.24, 2.45) is 0 Å². The molecule has 0 saturated carbocycles. The van der Waals surface area contributed by atoms with E-state index < -0.39 is 11.7 Å². The van der Waals surface area contributed by atoms with E-state index in [1.807, 2.05) is 13.8 Å². The summed E-state index contributed by atoms with van der Waals surface area (Å²) in [5.74, 6) is 0.616. The lowest BCUT2D eigenvalue weighted by Crippen LogP contribution is -2.03. The highest BCUT2D eigenvalue weighted by atomic mass is 19.4. The number of aromatic nitrogens is 1. The van der Waals surface area contributed by atoms with E-state index in [-0.39, 0.29) is 18.4 Å². The van der Waals surface area contributed by atoms with Crippen LogP contribution in [0.25, 0.3) is 11.5 Å². The van der Waals surface area contributed by atoms with Crippen molar-refractivity contribution in [3.8, 4) is 11.5 Å². The average Bonchev–Trinajstić information content (AvgIpc) is 2.82. The van der Waals surface area contributed by atoms with Gasteiger partial charge in [0.05, 0.1) is 11.3 Å². The van der Waals surface area contributed by atoms with Crippen LogP contribution in [-0.4, -0.2) is 10.1 Å². The molecule has 1 aromatic heterocycles. The number of hydrogen-bond acceptors (Lipinski definition) is 3. The number of halogens is 3. The Labute approximate surface area is 114 Å². The zero-order valence-electron chi connectivity index (χ0n) is 11.0. The van der Waals surface area contributed by atoms with Crippen molar-refractivity contribution in [3.63, 3.8) is 0 Å². The van der Waals surface area contributed by atoms with Crippen molar-refractivity contribution < 1.29 is 22.7 Å². The maximum atomic E-state index is 12.5. The fourth-order valence-corrected chi connectivity index (χ4v) is 1.85. The van der Waals surface area contributed by atoms with E-state index in [1.165, 1.54) is 12.1 Å².